The number of aliphatic carboxylic acids is 1. The molecule has 0 radical (unpaired) electrons. The number of hydrogen-bond acceptors (Lipinski definition) is 7. The number of aromatic nitrogens is 2. The van der Waals surface area contributed by atoms with Crippen LogP contribution in [0.1, 0.15) is 5.56 Å². The van der Waals surface area contributed by atoms with Gasteiger partial charge in [-0.2, -0.15) is 0 Å². The summed E-state index contributed by atoms with van der Waals surface area (Å²) in [6.45, 7) is 2.58. The van der Waals surface area contributed by atoms with E-state index in [1.807, 2.05) is 47.5 Å². The summed E-state index contributed by atoms with van der Waals surface area (Å²) in [6.07, 6.45) is 4.40. The summed E-state index contributed by atoms with van der Waals surface area (Å²) in [5, 5.41) is 13.8. The number of carbonyl (C=O) groups is 1. The Hall–Kier alpha value is -2.52. The van der Waals surface area contributed by atoms with Crippen molar-refractivity contribution < 1.29 is 14.6 Å². The lowest BCUT2D eigenvalue weighted by atomic mass is 10.0. The van der Waals surface area contributed by atoms with Crippen LogP contribution in [-0.4, -0.2) is 58.8 Å². The number of ether oxygens (including phenoxy) is 1. The number of carboxylic acids is 1. The predicted octanol–water partition coefficient (Wildman–Crippen LogP) is 4.18. The second kappa shape index (κ2) is 10.2. The van der Waals surface area contributed by atoms with E-state index in [1.165, 1.54) is 0 Å². The zero-order chi connectivity index (χ0) is 21.6. The van der Waals surface area contributed by atoms with E-state index >= 15 is 0 Å². The molecule has 1 unspecified atom stereocenters. The van der Waals surface area contributed by atoms with Crippen LogP contribution in [0.25, 0.3) is 10.4 Å². The highest BCUT2D eigenvalue weighted by Gasteiger charge is 2.21. The molecule has 1 aliphatic rings. The summed E-state index contributed by atoms with van der Waals surface area (Å²) in [5.74, 6) is 0.150. The summed E-state index contributed by atoms with van der Waals surface area (Å²) in [6, 6.07) is 11.7. The van der Waals surface area contributed by atoms with Crippen molar-refractivity contribution >= 4 is 39.9 Å². The minimum absolute atomic E-state index is 0.0447. The van der Waals surface area contributed by atoms with E-state index in [9.17, 15) is 4.79 Å². The fourth-order valence-corrected chi connectivity index (χ4v) is 4.56. The maximum Gasteiger partial charge on any atom is 0.317 e. The van der Waals surface area contributed by atoms with Gasteiger partial charge in [0.1, 0.15) is 5.82 Å². The van der Waals surface area contributed by atoms with Gasteiger partial charge in [0.25, 0.3) is 0 Å². The van der Waals surface area contributed by atoms with Gasteiger partial charge in [0, 0.05) is 30.5 Å². The Balaban J connectivity index is 1.40. The molecule has 0 bridgehead atoms. The van der Waals surface area contributed by atoms with Gasteiger partial charge >= 0.3 is 5.97 Å². The molecule has 0 amide bonds. The minimum Gasteiger partial charge on any atom is -0.480 e. The van der Waals surface area contributed by atoms with Crippen LogP contribution < -0.4 is 5.32 Å². The molecule has 162 valence electrons. The zero-order valence-electron chi connectivity index (χ0n) is 16.8. The molecule has 0 aliphatic carbocycles. The van der Waals surface area contributed by atoms with Crippen LogP contribution in [0.4, 0.5) is 10.9 Å². The van der Waals surface area contributed by atoms with E-state index < -0.39 is 5.97 Å². The van der Waals surface area contributed by atoms with Gasteiger partial charge < -0.3 is 15.2 Å². The molecule has 4 rings (SSSR count). The second-order valence-electron chi connectivity index (χ2n) is 7.48. The number of carboxylic acid groups (broad SMARTS) is 1. The Bertz CT molecular complexity index is 1030. The number of nitrogens with zero attached hydrogens (tertiary/aromatic N) is 3. The normalized spacial score (nSPS) is 17.3. The van der Waals surface area contributed by atoms with Crippen LogP contribution in [0.5, 0.6) is 0 Å². The first-order chi connectivity index (χ1) is 15.0. The van der Waals surface area contributed by atoms with E-state index in [0.717, 1.165) is 33.4 Å². The van der Waals surface area contributed by atoms with Crippen molar-refractivity contribution in [3.8, 4) is 10.4 Å². The third kappa shape index (κ3) is 6.24. The largest absolute Gasteiger partial charge is 0.480 e. The fraction of sp³-hybridized carbons (Fsp3) is 0.318. The highest BCUT2D eigenvalue weighted by Crippen LogP contribution is 2.31. The Morgan fingerprint density at radius 3 is 2.94 bits per heavy atom. The molecule has 0 saturated carbocycles. The third-order valence-electron chi connectivity index (χ3n) is 5.00. The lowest BCUT2D eigenvalue weighted by Gasteiger charge is -2.21. The number of hydrogen-bond donors (Lipinski definition) is 2. The van der Waals surface area contributed by atoms with Crippen molar-refractivity contribution in [3.63, 3.8) is 0 Å². The molecule has 1 saturated heterocycles. The smallest absolute Gasteiger partial charge is 0.317 e. The molecule has 2 N–H and O–H groups in total. The standard InChI is InChI=1S/C22H23ClN4O3S/c23-18-3-1-17(2-4-18)19-11-25-22(31-19)26-20-10-15(5-6-24-20)9-16-12-27(13-21(28)29)7-8-30-14-16/h1-6,10-11,16H,7-9,12-14H2,(H,28,29)(H,24,25,26). The maximum atomic E-state index is 11.1. The quantitative estimate of drug-likeness (QED) is 0.549. The molecule has 3 aromatic rings. The van der Waals surface area contributed by atoms with Gasteiger partial charge in [0.15, 0.2) is 5.13 Å². The minimum atomic E-state index is -0.808. The molecule has 1 atom stereocenters. The van der Waals surface area contributed by atoms with Crippen LogP contribution in [0.2, 0.25) is 5.02 Å². The molecule has 31 heavy (non-hydrogen) atoms. The van der Waals surface area contributed by atoms with Gasteiger partial charge in [0.05, 0.1) is 24.6 Å². The van der Waals surface area contributed by atoms with E-state index in [2.05, 4.69) is 15.3 Å². The van der Waals surface area contributed by atoms with Gasteiger partial charge in [-0.05, 0) is 47.7 Å². The second-order valence-corrected chi connectivity index (χ2v) is 8.95. The number of thiazole rings is 1. The SMILES string of the molecule is O=C(O)CN1CCOCC(Cc2ccnc(Nc3ncc(-c4ccc(Cl)cc4)s3)c2)C1. The van der Waals surface area contributed by atoms with E-state index in [0.29, 0.717) is 31.3 Å². The predicted molar refractivity (Wildman–Crippen MR) is 122 cm³/mol. The molecule has 1 aliphatic heterocycles. The highest BCUT2D eigenvalue weighted by molar-refractivity contribution is 7.18. The Morgan fingerprint density at radius 2 is 2.13 bits per heavy atom. The summed E-state index contributed by atoms with van der Waals surface area (Å²) in [7, 11) is 0. The van der Waals surface area contributed by atoms with E-state index in [1.54, 1.807) is 17.5 Å². The molecular formula is C22H23ClN4O3S. The zero-order valence-corrected chi connectivity index (χ0v) is 18.4. The van der Waals surface area contributed by atoms with Crippen LogP contribution in [0, 0.1) is 5.92 Å². The lowest BCUT2D eigenvalue weighted by Crippen LogP contribution is -2.35. The number of anilines is 2. The molecule has 9 heteroatoms. The molecule has 1 fully saturated rings. The van der Waals surface area contributed by atoms with Gasteiger partial charge in [-0.25, -0.2) is 9.97 Å². The van der Waals surface area contributed by atoms with Gasteiger partial charge in [-0.1, -0.05) is 35.1 Å². The molecule has 7 nitrogen and oxygen atoms in total. The van der Waals surface area contributed by atoms with Crippen molar-refractivity contribution in [1.82, 2.24) is 14.9 Å². The monoisotopic (exact) mass is 458 g/mol. The molecule has 2 aromatic heterocycles. The molecular weight excluding hydrogens is 436 g/mol. The van der Waals surface area contributed by atoms with Gasteiger partial charge in [-0.3, -0.25) is 9.69 Å². The summed E-state index contributed by atoms with van der Waals surface area (Å²) in [5.41, 5.74) is 2.19. The number of benzene rings is 1. The van der Waals surface area contributed by atoms with Crippen LogP contribution in [0.3, 0.4) is 0 Å². The van der Waals surface area contributed by atoms with Crippen molar-refractivity contribution in [2.75, 3.05) is 38.2 Å². The number of pyridine rings is 1. The van der Waals surface area contributed by atoms with Gasteiger partial charge in [-0.15, -0.1) is 0 Å². The van der Waals surface area contributed by atoms with Crippen LogP contribution in [0.15, 0.2) is 48.8 Å². The Morgan fingerprint density at radius 1 is 1.29 bits per heavy atom. The topological polar surface area (TPSA) is 87.6 Å². The van der Waals surface area contributed by atoms with E-state index in [4.69, 9.17) is 21.4 Å². The number of nitrogens with one attached hydrogen (secondary N) is 1. The van der Waals surface area contributed by atoms with Gasteiger partial charge in [0.2, 0.25) is 0 Å². The third-order valence-corrected chi connectivity index (χ3v) is 6.21. The summed E-state index contributed by atoms with van der Waals surface area (Å²) >= 11 is 7.52. The summed E-state index contributed by atoms with van der Waals surface area (Å²) in [4.78, 5) is 22.9. The average Bonchev–Trinajstić information content (AvgIpc) is 3.09. The molecule has 3 heterocycles. The highest BCUT2D eigenvalue weighted by atomic mass is 35.5. The van der Waals surface area contributed by atoms with Crippen molar-refractivity contribution in [3.05, 3.63) is 59.4 Å². The van der Waals surface area contributed by atoms with E-state index in [-0.39, 0.29) is 12.5 Å². The Kier molecular flexibility index (Phi) is 7.14. The Labute approximate surface area is 189 Å². The van der Waals surface area contributed by atoms with Crippen molar-refractivity contribution in [1.29, 1.82) is 0 Å². The fourth-order valence-electron chi connectivity index (χ4n) is 3.60. The number of halogens is 1. The van der Waals surface area contributed by atoms with Crippen LogP contribution in [-0.2, 0) is 16.0 Å². The van der Waals surface area contributed by atoms with Crippen LogP contribution >= 0.6 is 22.9 Å². The maximum absolute atomic E-state index is 11.1. The first-order valence-electron chi connectivity index (χ1n) is 10.0. The summed E-state index contributed by atoms with van der Waals surface area (Å²) < 4.78 is 5.69. The lowest BCUT2D eigenvalue weighted by molar-refractivity contribution is -0.138. The number of rotatable bonds is 7. The van der Waals surface area contributed by atoms with Crippen molar-refractivity contribution in [2.24, 2.45) is 5.92 Å². The first-order valence-corrected chi connectivity index (χ1v) is 11.2. The molecule has 0 spiro atoms. The van der Waals surface area contributed by atoms with Crippen molar-refractivity contribution in [2.45, 2.75) is 6.42 Å². The first kappa shape index (κ1) is 21.7. The molecule has 1 aromatic carbocycles. The average molecular weight is 459 g/mol.